The highest BCUT2D eigenvalue weighted by atomic mass is 19.1. The molecule has 2 rings (SSSR count). The van der Waals surface area contributed by atoms with Crippen LogP contribution in [0.1, 0.15) is 39.0 Å². The van der Waals surface area contributed by atoms with Crippen molar-refractivity contribution < 1.29 is 9.18 Å². The van der Waals surface area contributed by atoms with Crippen LogP contribution in [0.25, 0.3) is 0 Å². The normalized spacial score (nSPS) is 16.4. The van der Waals surface area contributed by atoms with Gasteiger partial charge in [0.1, 0.15) is 5.82 Å². The molecule has 0 aromatic heterocycles. The van der Waals surface area contributed by atoms with Crippen LogP contribution in [0, 0.1) is 5.82 Å². The molecule has 3 nitrogen and oxygen atoms in total. The number of carbonyl (C=O) groups is 1. The van der Waals surface area contributed by atoms with E-state index in [4.69, 9.17) is 0 Å². The first kappa shape index (κ1) is 15.0. The van der Waals surface area contributed by atoms with Gasteiger partial charge >= 0.3 is 0 Å². The van der Waals surface area contributed by atoms with Crippen LogP contribution in [0.4, 0.5) is 10.1 Å². The molecule has 20 heavy (non-hydrogen) atoms. The molecule has 4 heteroatoms. The lowest BCUT2D eigenvalue weighted by Gasteiger charge is -2.32. The minimum atomic E-state index is -0.387. The largest absolute Gasteiger partial charge is 0.322 e. The Balaban J connectivity index is 1.90. The molecule has 0 saturated heterocycles. The Bertz CT molecular complexity index is 444. The number of nitrogens with one attached hydrogen (secondary N) is 1. The summed E-state index contributed by atoms with van der Waals surface area (Å²) < 4.78 is 13.5. The van der Waals surface area contributed by atoms with Crippen molar-refractivity contribution in [3.8, 4) is 0 Å². The second-order valence-corrected chi connectivity index (χ2v) is 5.38. The summed E-state index contributed by atoms with van der Waals surface area (Å²) in [7, 11) is 0. The van der Waals surface area contributed by atoms with Crippen LogP contribution in [-0.4, -0.2) is 29.9 Å². The minimum absolute atomic E-state index is 0.137. The lowest BCUT2D eigenvalue weighted by molar-refractivity contribution is -0.118. The molecule has 1 amide bonds. The van der Waals surface area contributed by atoms with Crippen molar-refractivity contribution in [2.75, 3.05) is 18.4 Å². The number of rotatable bonds is 5. The Labute approximate surface area is 120 Å². The number of halogens is 1. The van der Waals surface area contributed by atoms with Crippen LogP contribution in [-0.2, 0) is 4.79 Å². The molecule has 110 valence electrons. The first-order chi connectivity index (χ1) is 9.70. The molecule has 1 fully saturated rings. The lowest BCUT2D eigenvalue weighted by Crippen LogP contribution is -2.41. The van der Waals surface area contributed by atoms with Crippen molar-refractivity contribution in [3.05, 3.63) is 30.1 Å². The Morgan fingerprint density at radius 1 is 1.30 bits per heavy atom. The average molecular weight is 278 g/mol. The van der Waals surface area contributed by atoms with E-state index in [2.05, 4.69) is 17.1 Å². The highest BCUT2D eigenvalue weighted by Gasteiger charge is 2.21. The van der Waals surface area contributed by atoms with Gasteiger partial charge < -0.3 is 5.32 Å². The van der Waals surface area contributed by atoms with Crippen LogP contribution >= 0.6 is 0 Å². The van der Waals surface area contributed by atoms with Crippen molar-refractivity contribution in [2.24, 2.45) is 0 Å². The first-order valence-corrected chi connectivity index (χ1v) is 7.49. The number of para-hydroxylation sites is 1. The van der Waals surface area contributed by atoms with E-state index in [9.17, 15) is 9.18 Å². The zero-order valence-electron chi connectivity index (χ0n) is 12.1. The van der Waals surface area contributed by atoms with Gasteiger partial charge in [0.15, 0.2) is 0 Å². The van der Waals surface area contributed by atoms with E-state index in [1.165, 1.54) is 38.2 Å². The van der Waals surface area contributed by atoms with E-state index in [1.54, 1.807) is 18.2 Å². The van der Waals surface area contributed by atoms with Crippen molar-refractivity contribution >= 4 is 11.6 Å². The van der Waals surface area contributed by atoms with Gasteiger partial charge in [-0.2, -0.15) is 0 Å². The van der Waals surface area contributed by atoms with Crippen LogP contribution in [0.3, 0.4) is 0 Å². The molecule has 0 heterocycles. The average Bonchev–Trinajstić information content (AvgIpc) is 2.48. The number of amides is 1. The summed E-state index contributed by atoms with van der Waals surface area (Å²) in [6, 6.07) is 6.78. The Morgan fingerprint density at radius 2 is 2.00 bits per heavy atom. The fourth-order valence-corrected chi connectivity index (χ4v) is 2.88. The minimum Gasteiger partial charge on any atom is -0.322 e. The Morgan fingerprint density at radius 3 is 2.65 bits per heavy atom. The lowest BCUT2D eigenvalue weighted by atomic mass is 9.94. The summed E-state index contributed by atoms with van der Waals surface area (Å²) in [6.07, 6.45) is 6.13. The summed E-state index contributed by atoms with van der Waals surface area (Å²) in [5.74, 6) is -0.524. The highest BCUT2D eigenvalue weighted by Crippen LogP contribution is 2.22. The molecule has 1 aromatic rings. The smallest absolute Gasteiger partial charge is 0.238 e. The van der Waals surface area contributed by atoms with Gasteiger partial charge in [0.25, 0.3) is 0 Å². The third-order valence-corrected chi connectivity index (χ3v) is 3.99. The molecule has 0 radical (unpaired) electrons. The number of benzene rings is 1. The molecule has 0 unspecified atom stereocenters. The Hall–Kier alpha value is -1.42. The second-order valence-electron chi connectivity index (χ2n) is 5.38. The third kappa shape index (κ3) is 4.04. The second kappa shape index (κ2) is 7.39. The van der Waals surface area contributed by atoms with E-state index < -0.39 is 0 Å². The molecule has 0 spiro atoms. The number of likely N-dealkylation sites (N-methyl/N-ethyl adjacent to an activating group) is 1. The predicted octanol–water partition coefficient (Wildman–Crippen LogP) is 3.42. The molecule has 0 atom stereocenters. The first-order valence-electron chi connectivity index (χ1n) is 7.49. The fourth-order valence-electron chi connectivity index (χ4n) is 2.88. The summed E-state index contributed by atoms with van der Waals surface area (Å²) in [6.45, 7) is 3.27. The van der Waals surface area contributed by atoms with Crippen LogP contribution in [0.15, 0.2) is 24.3 Å². The van der Waals surface area contributed by atoms with E-state index in [0.717, 1.165) is 6.54 Å². The molecule has 1 saturated carbocycles. The van der Waals surface area contributed by atoms with Crippen molar-refractivity contribution in [1.29, 1.82) is 0 Å². The maximum atomic E-state index is 13.5. The molecule has 0 aliphatic heterocycles. The maximum absolute atomic E-state index is 13.5. The highest BCUT2D eigenvalue weighted by molar-refractivity contribution is 5.92. The van der Waals surface area contributed by atoms with Gasteiger partial charge in [-0.05, 0) is 31.5 Å². The molecular weight excluding hydrogens is 255 g/mol. The summed E-state index contributed by atoms with van der Waals surface area (Å²) in [4.78, 5) is 14.3. The molecule has 0 bridgehead atoms. The van der Waals surface area contributed by atoms with Gasteiger partial charge in [0.05, 0.1) is 12.2 Å². The summed E-state index contributed by atoms with van der Waals surface area (Å²) in [5.41, 5.74) is 0.261. The van der Waals surface area contributed by atoms with Crippen molar-refractivity contribution in [1.82, 2.24) is 4.90 Å². The standard InChI is InChI=1S/C16H23FN2O/c1-2-19(13-8-4-3-5-9-13)12-16(20)18-15-11-7-6-10-14(15)17/h6-7,10-11,13H,2-5,8-9,12H2,1H3,(H,18,20). The van der Waals surface area contributed by atoms with E-state index >= 15 is 0 Å². The SMILES string of the molecule is CCN(CC(=O)Nc1ccccc1F)C1CCCCC1. The number of anilines is 1. The zero-order chi connectivity index (χ0) is 14.4. The van der Waals surface area contributed by atoms with E-state index in [-0.39, 0.29) is 17.4 Å². The van der Waals surface area contributed by atoms with Gasteiger partial charge in [-0.1, -0.05) is 38.3 Å². The van der Waals surface area contributed by atoms with E-state index in [1.807, 2.05) is 0 Å². The molecular formula is C16H23FN2O. The van der Waals surface area contributed by atoms with Crippen molar-refractivity contribution in [3.63, 3.8) is 0 Å². The van der Waals surface area contributed by atoms with E-state index in [0.29, 0.717) is 12.6 Å². The van der Waals surface area contributed by atoms with Crippen molar-refractivity contribution in [2.45, 2.75) is 45.1 Å². The maximum Gasteiger partial charge on any atom is 0.238 e. The quantitative estimate of drug-likeness (QED) is 0.895. The van der Waals surface area contributed by atoms with Gasteiger partial charge in [0.2, 0.25) is 5.91 Å². The molecule has 1 aromatic carbocycles. The topological polar surface area (TPSA) is 32.3 Å². The van der Waals surface area contributed by atoms with Gasteiger partial charge in [-0.3, -0.25) is 9.69 Å². The summed E-state index contributed by atoms with van der Waals surface area (Å²) >= 11 is 0. The van der Waals surface area contributed by atoms with Gasteiger partial charge in [-0.25, -0.2) is 4.39 Å². The monoisotopic (exact) mass is 278 g/mol. The van der Waals surface area contributed by atoms with Crippen LogP contribution in [0.5, 0.6) is 0 Å². The number of hydrogen-bond acceptors (Lipinski definition) is 2. The van der Waals surface area contributed by atoms with Gasteiger partial charge in [0, 0.05) is 6.04 Å². The molecule has 1 N–H and O–H groups in total. The van der Waals surface area contributed by atoms with Crippen LogP contribution in [0.2, 0.25) is 0 Å². The predicted molar refractivity (Wildman–Crippen MR) is 79.1 cm³/mol. The fraction of sp³-hybridized carbons (Fsp3) is 0.562. The number of hydrogen-bond donors (Lipinski definition) is 1. The Kier molecular flexibility index (Phi) is 5.53. The summed E-state index contributed by atoms with van der Waals surface area (Å²) in [5, 5.41) is 2.66. The number of nitrogens with zero attached hydrogens (tertiary/aromatic N) is 1. The number of carbonyl (C=O) groups excluding carboxylic acids is 1. The molecule has 1 aliphatic rings. The van der Waals surface area contributed by atoms with Crippen LogP contribution < -0.4 is 5.32 Å². The third-order valence-electron chi connectivity index (χ3n) is 3.99. The van der Waals surface area contributed by atoms with Gasteiger partial charge in [-0.15, -0.1) is 0 Å². The zero-order valence-corrected chi connectivity index (χ0v) is 12.1. The molecule has 1 aliphatic carbocycles.